The van der Waals surface area contributed by atoms with E-state index >= 15 is 0 Å². The van der Waals surface area contributed by atoms with Crippen molar-refractivity contribution >= 4 is 50.5 Å². The summed E-state index contributed by atoms with van der Waals surface area (Å²) in [6, 6.07) is 15.3. The molecule has 0 atom stereocenters. The number of nitrogens with one attached hydrogen (secondary N) is 1. The lowest BCUT2D eigenvalue weighted by molar-refractivity contribution is -0.384. The molecule has 2 amide bonds. The molecular formula is C33H28FN5O7S. The normalized spacial score (nSPS) is 12.5. The zero-order valence-electron chi connectivity index (χ0n) is 25.0. The monoisotopic (exact) mass is 657 g/mol. The van der Waals surface area contributed by atoms with Gasteiger partial charge < -0.3 is 30.5 Å². The first-order valence-electron chi connectivity index (χ1n) is 14.4. The molecule has 0 saturated carbocycles. The van der Waals surface area contributed by atoms with E-state index in [0.717, 1.165) is 16.5 Å². The van der Waals surface area contributed by atoms with E-state index in [2.05, 4.69) is 5.32 Å². The summed E-state index contributed by atoms with van der Waals surface area (Å²) in [5.74, 6) is -1.07. The molecule has 0 unspecified atom stereocenters. The van der Waals surface area contributed by atoms with Crippen LogP contribution in [0.3, 0.4) is 0 Å². The van der Waals surface area contributed by atoms with Crippen molar-refractivity contribution in [1.82, 2.24) is 9.88 Å². The van der Waals surface area contributed by atoms with Crippen LogP contribution in [0.4, 0.5) is 26.2 Å². The molecule has 47 heavy (non-hydrogen) atoms. The molecule has 0 aliphatic carbocycles. The van der Waals surface area contributed by atoms with Gasteiger partial charge >= 0.3 is 6.09 Å². The summed E-state index contributed by atoms with van der Waals surface area (Å²) in [6.07, 6.45) is -0.472. The van der Waals surface area contributed by atoms with Crippen molar-refractivity contribution in [2.45, 2.75) is 13.0 Å². The highest BCUT2D eigenvalue weighted by molar-refractivity contribution is 7.18. The van der Waals surface area contributed by atoms with Gasteiger partial charge in [0.1, 0.15) is 23.9 Å². The fourth-order valence-corrected chi connectivity index (χ4v) is 6.48. The summed E-state index contributed by atoms with van der Waals surface area (Å²) < 4.78 is 26.2. The van der Waals surface area contributed by atoms with E-state index in [1.807, 2.05) is 29.6 Å². The van der Waals surface area contributed by atoms with Crippen LogP contribution in [0.25, 0.3) is 32.5 Å². The number of hydrogen-bond acceptors (Lipinski definition) is 9. The van der Waals surface area contributed by atoms with Crippen LogP contribution in [0.5, 0.6) is 5.75 Å². The van der Waals surface area contributed by atoms with E-state index in [-0.39, 0.29) is 48.3 Å². The highest BCUT2D eigenvalue weighted by Gasteiger charge is 2.27. The lowest BCUT2D eigenvalue weighted by Crippen LogP contribution is -2.34. The minimum absolute atomic E-state index is 0.0252. The Morgan fingerprint density at radius 2 is 1.96 bits per heavy atom. The first-order valence-corrected chi connectivity index (χ1v) is 15.3. The largest absolute Gasteiger partial charge is 0.490 e. The van der Waals surface area contributed by atoms with Crippen molar-refractivity contribution in [2.24, 2.45) is 0 Å². The minimum atomic E-state index is -0.983. The zero-order chi connectivity index (χ0) is 33.2. The molecule has 0 spiro atoms. The van der Waals surface area contributed by atoms with Gasteiger partial charge in [-0.3, -0.25) is 14.9 Å². The van der Waals surface area contributed by atoms with Crippen LogP contribution in [-0.2, 0) is 17.7 Å². The van der Waals surface area contributed by atoms with E-state index in [0.29, 0.717) is 40.0 Å². The number of hydrogen-bond donors (Lipinski definition) is 3. The molecule has 2 aromatic heterocycles. The molecule has 0 fully saturated rings. The second kappa shape index (κ2) is 13.0. The molecule has 0 bridgehead atoms. The Hall–Kier alpha value is -5.60. The number of pyridine rings is 1. The number of methoxy groups -OCH3 is 1. The number of aromatic nitrogens is 1. The van der Waals surface area contributed by atoms with Crippen LogP contribution in [0.1, 0.15) is 21.6 Å². The molecule has 5 aromatic rings. The lowest BCUT2D eigenvalue weighted by Gasteiger charge is -2.26. The second-order valence-electron chi connectivity index (χ2n) is 10.7. The number of nitrogens with zero attached hydrogens (tertiary/aromatic N) is 3. The first kappa shape index (κ1) is 31.4. The highest BCUT2D eigenvalue weighted by Crippen LogP contribution is 2.44. The Kier molecular flexibility index (Phi) is 8.70. The average Bonchev–Trinajstić information content (AvgIpc) is 3.55. The lowest BCUT2D eigenvalue weighted by atomic mass is 9.94. The highest BCUT2D eigenvalue weighted by atomic mass is 32.1. The Labute approximate surface area is 271 Å². The molecule has 0 saturated heterocycles. The maximum absolute atomic E-state index is 14.5. The number of rotatable bonds is 9. The first-order chi connectivity index (χ1) is 22.6. The number of nitro groups is 1. The third-order valence-corrected chi connectivity index (χ3v) is 8.77. The number of amides is 2. The molecule has 14 heteroatoms. The van der Waals surface area contributed by atoms with Crippen LogP contribution in [-0.4, -0.2) is 58.8 Å². The smallest absolute Gasteiger partial charge is 0.407 e. The minimum Gasteiger partial charge on any atom is -0.490 e. The van der Waals surface area contributed by atoms with E-state index in [1.54, 1.807) is 0 Å². The summed E-state index contributed by atoms with van der Waals surface area (Å²) in [7, 11) is 1.51. The summed E-state index contributed by atoms with van der Waals surface area (Å²) in [5, 5.41) is 26.2. The van der Waals surface area contributed by atoms with Crippen molar-refractivity contribution in [1.29, 1.82) is 0 Å². The van der Waals surface area contributed by atoms with Gasteiger partial charge in [0.25, 0.3) is 11.6 Å². The Bertz CT molecular complexity index is 2050. The van der Waals surface area contributed by atoms with Crippen molar-refractivity contribution in [2.75, 3.05) is 37.9 Å². The van der Waals surface area contributed by atoms with Crippen LogP contribution in [0, 0.1) is 15.9 Å². The predicted molar refractivity (Wildman–Crippen MR) is 175 cm³/mol. The standard InChI is InChI=1S/C33H28FN5O7S/c1-45-11-12-46-27-15-21(34)4-6-23(27)28-30(32(40)36-26-16-22(39(43)44)5-7-25(26)35)37-29(24-9-13-47-31(24)28)19-2-3-20-17-38(33(41)42)10-8-18(20)14-19/h2-7,9,13-16H,8,10-12,17,35H2,1H3,(H,36,40)(H,41,42). The van der Waals surface area contributed by atoms with Gasteiger partial charge in [-0.25, -0.2) is 14.2 Å². The third kappa shape index (κ3) is 6.28. The molecule has 6 rings (SSSR count). The Morgan fingerprint density at radius 3 is 2.72 bits per heavy atom. The molecular weight excluding hydrogens is 629 g/mol. The number of nitrogen functional groups attached to an aromatic ring is 1. The van der Waals surface area contributed by atoms with Gasteiger partial charge in [-0.15, -0.1) is 11.3 Å². The number of thiophene rings is 1. The fraction of sp³-hybridized carbons (Fsp3) is 0.182. The average molecular weight is 658 g/mol. The SMILES string of the molecule is COCCOc1cc(F)ccc1-c1c(C(=O)Nc2cc([N+](=O)[O-])ccc2N)nc(-c2ccc3c(c2)CCN(C(=O)O)C3)c2ccsc12. The maximum Gasteiger partial charge on any atom is 0.407 e. The van der Waals surface area contributed by atoms with E-state index in [4.69, 9.17) is 20.2 Å². The molecule has 12 nitrogen and oxygen atoms in total. The number of nitrogens with two attached hydrogens (primary N) is 1. The quantitative estimate of drug-likeness (QED) is 0.0686. The number of carbonyl (C=O) groups is 2. The number of fused-ring (bicyclic) bond motifs is 2. The van der Waals surface area contributed by atoms with Gasteiger partial charge in [-0.1, -0.05) is 12.1 Å². The van der Waals surface area contributed by atoms with Gasteiger partial charge in [0, 0.05) is 65.2 Å². The van der Waals surface area contributed by atoms with Crippen molar-refractivity contribution in [3.63, 3.8) is 0 Å². The number of anilines is 2. The summed E-state index contributed by atoms with van der Waals surface area (Å²) >= 11 is 1.36. The molecule has 3 heterocycles. The van der Waals surface area contributed by atoms with E-state index < -0.39 is 22.7 Å². The fourth-order valence-electron chi connectivity index (χ4n) is 5.53. The molecule has 1 aliphatic rings. The number of carbonyl (C=O) groups excluding carboxylic acids is 1. The number of ether oxygens (including phenoxy) is 2. The molecule has 1 aliphatic heterocycles. The zero-order valence-corrected chi connectivity index (χ0v) is 25.8. The van der Waals surface area contributed by atoms with Gasteiger partial charge in [0.15, 0.2) is 0 Å². The van der Waals surface area contributed by atoms with E-state index in [9.17, 15) is 29.2 Å². The number of benzene rings is 3. The molecule has 4 N–H and O–H groups in total. The van der Waals surface area contributed by atoms with E-state index in [1.165, 1.54) is 59.7 Å². The van der Waals surface area contributed by atoms with Gasteiger partial charge in [0.05, 0.1) is 28.6 Å². The topological polar surface area (TPSA) is 170 Å². The molecule has 0 radical (unpaired) electrons. The Morgan fingerprint density at radius 1 is 1.13 bits per heavy atom. The predicted octanol–water partition coefficient (Wildman–Crippen LogP) is 6.57. The van der Waals surface area contributed by atoms with Crippen molar-refractivity contribution < 1.29 is 33.5 Å². The van der Waals surface area contributed by atoms with Crippen LogP contribution in [0.15, 0.2) is 66.0 Å². The van der Waals surface area contributed by atoms with Crippen molar-refractivity contribution in [3.8, 4) is 28.1 Å². The van der Waals surface area contributed by atoms with Crippen LogP contribution < -0.4 is 15.8 Å². The number of non-ortho nitro benzene ring substituents is 1. The number of halogens is 1. The van der Waals surface area contributed by atoms with Crippen LogP contribution in [0.2, 0.25) is 0 Å². The molecule has 240 valence electrons. The van der Waals surface area contributed by atoms with Gasteiger partial charge in [0.2, 0.25) is 0 Å². The van der Waals surface area contributed by atoms with Gasteiger partial charge in [-0.2, -0.15) is 0 Å². The summed E-state index contributed by atoms with van der Waals surface area (Å²) in [4.78, 5) is 42.8. The number of nitro benzene ring substituents is 1. The van der Waals surface area contributed by atoms with Crippen molar-refractivity contribution in [3.05, 3.63) is 98.8 Å². The summed E-state index contributed by atoms with van der Waals surface area (Å²) in [5.41, 5.74) is 9.76. The Balaban J connectivity index is 1.54. The second-order valence-corrected chi connectivity index (χ2v) is 11.7. The van der Waals surface area contributed by atoms with Gasteiger partial charge in [-0.05, 0) is 53.3 Å². The van der Waals surface area contributed by atoms with Crippen LogP contribution >= 0.6 is 11.3 Å². The molecule has 3 aromatic carbocycles. The third-order valence-electron chi connectivity index (χ3n) is 7.84. The number of carboxylic acid groups (broad SMARTS) is 1. The maximum atomic E-state index is 14.5. The summed E-state index contributed by atoms with van der Waals surface area (Å²) in [6.45, 7) is 0.969.